The van der Waals surface area contributed by atoms with Gasteiger partial charge in [-0.2, -0.15) is 0 Å². The number of hydrogen-bond acceptors (Lipinski definition) is 5. The third-order valence-electron chi connectivity index (χ3n) is 3.70. The van der Waals surface area contributed by atoms with Gasteiger partial charge in [0, 0.05) is 23.3 Å². The Morgan fingerprint density at radius 2 is 2.24 bits per heavy atom. The summed E-state index contributed by atoms with van der Waals surface area (Å²) in [5.41, 5.74) is 13.4. The fraction of sp³-hybridized carbons (Fsp3) is 0.267. The molecule has 0 saturated heterocycles. The first-order chi connectivity index (χ1) is 10.1. The van der Waals surface area contributed by atoms with Gasteiger partial charge in [0.2, 0.25) is 0 Å². The summed E-state index contributed by atoms with van der Waals surface area (Å²) in [5.74, 6) is 1.19. The first-order valence-electron chi connectivity index (χ1n) is 6.82. The molecule has 2 aromatic rings. The van der Waals surface area contributed by atoms with Crippen molar-refractivity contribution in [3.63, 3.8) is 0 Å². The molecule has 6 N–H and O–H groups in total. The van der Waals surface area contributed by atoms with Crippen molar-refractivity contribution in [2.24, 2.45) is 16.5 Å². The van der Waals surface area contributed by atoms with Crippen LogP contribution in [0.25, 0.3) is 10.9 Å². The molecule has 1 atom stereocenters. The zero-order valence-corrected chi connectivity index (χ0v) is 11.9. The van der Waals surface area contributed by atoms with Crippen molar-refractivity contribution in [2.45, 2.75) is 18.5 Å². The number of aryl methyl sites for hydroxylation is 1. The summed E-state index contributed by atoms with van der Waals surface area (Å²) in [7, 11) is 1.67. The van der Waals surface area contributed by atoms with Gasteiger partial charge < -0.3 is 26.5 Å². The fourth-order valence-electron chi connectivity index (χ4n) is 2.53. The minimum atomic E-state index is -0.752. The molecule has 1 aromatic heterocycles. The zero-order valence-electron chi connectivity index (χ0n) is 11.9. The van der Waals surface area contributed by atoms with Crippen LogP contribution >= 0.6 is 0 Å². The summed E-state index contributed by atoms with van der Waals surface area (Å²) >= 11 is 0. The van der Waals surface area contributed by atoms with Gasteiger partial charge in [-0.15, -0.1) is 0 Å². The van der Waals surface area contributed by atoms with Gasteiger partial charge in [0.1, 0.15) is 11.4 Å². The van der Waals surface area contributed by atoms with E-state index in [4.69, 9.17) is 16.2 Å². The topological polar surface area (TPSA) is 101 Å². The van der Waals surface area contributed by atoms with E-state index in [0.29, 0.717) is 12.4 Å². The Balaban J connectivity index is 1.82. The third-order valence-corrected chi connectivity index (χ3v) is 3.70. The van der Waals surface area contributed by atoms with Crippen molar-refractivity contribution in [1.82, 2.24) is 10.3 Å². The Morgan fingerprint density at radius 3 is 3.00 bits per heavy atom. The van der Waals surface area contributed by atoms with Crippen molar-refractivity contribution >= 4 is 16.9 Å². The molecule has 0 amide bonds. The Morgan fingerprint density at radius 1 is 1.38 bits per heavy atom. The minimum Gasteiger partial charge on any atom is -0.497 e. The molecule has 2 heterocycles. The predicted molar refractivity (Wildman–Crippen MR) is 84.0 cm³/mol. The SMILES string of the molecule is COc1ccc2[nH]cc(CCC3(N)C=CNC(N)=N3)c2c1. The van der Waals surface area contributed by atoms with Crippen molar-refractivity contribution in [3.05, 3.63) is 42.2 Å². The number of nitrogens with zero attached hydrogens (tertiary/aromatic N) is 1. The van der Waals surface area contributed by atoms with Crippen molar-refractivity contribution in [1.29, 1.82) is 0 Å². The van der Waals surface area contributed by atoms with Crippen LogP contribution in [0.15, 0.2) is 41.7 Å². The highest BCUT2D eigenvalue weighted by atomic mass is 16.5. The van der Waals surface area contributed by atoms with E-state index >= 15 is 0 Å². The summed E-state index contributed by atoms with van der Waals surface area (Å²) in [6, 6.07) is 5.98. The maximum Gasteiger partial charge on any atom is 0.194 e. The van der Waals surface area contributed by atoms with Gasteiger partial charge in [-0.25, -0.2) is 4.99 Å². The maximum absolute atomic E-state index is 6.24. The number of hydrogen-bond donors (Lipinski definition) is 4. The largest absolute Gasteiger partial charge is 0.497 e. The Bertz CT molecular complexity index is 718. The highest BCUT2D eigenvalue weighted by Gasteiger charge is 2.23. The molecular formula is C15H19N5O. The molecule has 1 aliphatic rings. The summed E-state index contributed by atoms with van der Waals surface area (Å²) < 4.78 is 5.28. The molecule has 3 rings (SSSR count). The molecule has 0 saturated carbocycles. The molecule has 0 bridgehead atoms. The zero-order chi connectivity index (χ0) is 14.9. The number of benzene rings is 1. The average molecular weight is 285 g/mol. The maximum atomic E-state index is 6.24. The molecule has 110 valence electrons. The number of fused-ring (bicyclic) bond motifs is 1. The van der Waals surface area contributed by atoms with Gasteiger partial charge in [0.05, 0.1) is 7.11 Å². The molecule has 1 unspecified atom stereocenters. The van der Waals surface area contributed by atoms with Gasteiger partial charge in [0.15, 0.2) is 5.96 Å². The summed E-state index contributed by atoms with van der Waals surface area (Å²) in [4.78, 5) is 7.53. The van der Waals surface area contributed by atoms with Crippen LogP contribution in [0.5, 0.6) is 5.75 Å². The monoisotopic (exact) mass is 285 g/mol. The molecule has 0 spiro atoms. The molecule has 21 heavy (non-hydrogen) atoms. The van der Waals surface area contributed by atoms with Crippen LogP contribution < -0.4 is 21.5 Å². The fourth-order valence-corrected chi connectivity index (χ4v) is 2.53. The summed E-state index contributed by atoms with van der Waals surface area (Å²) in [5, 5.41) is 3.97. The quantitative estimate of drug-likeness (QED) is 0.678. The highest BCUT2D eigenvalue weighted by molar-refractivity contribution is 5.84. The van der Waals surface area contributed by atoms with Crippen LogP contribution in [0.1, 0.15) is 12.0 Å². The van der Waals surface area contributed by atoms with Gasteiger partial charge in [-0.05, 0) is 42.7 Å². The molecule has 6 nitrogen and oxygen atoms in total. The van der Waals surface area contributed by atoms with Crippen LogP contribution in [-0.4, -0.2) is 23.7 Å². The predicted octanol–water partition coefficient (Wildman–Crippen LogP) is 1.20. The Kier molecular flexibility index (Phi) is 3.31. The number of ether oxygens (including phenoxy) is 1. The van der Waals surface area contributed by atoms with E-state index in [0.717, 1.165) is 23.1 Å². The number of nitrogens with two attached hydrogens (primary N) is 2. The first kappa shape index (κ1) is 13.5. The number of aromatic nitrogens is 1. The van der Waals surface area contributed by atoms with E-state index in [-0.39, 0.29) is 0 Å². The number of aliphatic imine (C=N–C) groups is 1. The van der Waals surface area contributed by atoms with Crippen LogP contribution in [0, 0.1) is 0 Å². The van der Waals surface area contributed by atoms with E-state index in [1.54, 1.807) is 13.3 Å². The molecular weight excluding hydrogens is 266 g/mol. The molecule has 6 heteroatoms. The lowest BCUT2D eigenvalue weighted by Gasteiger charge is -2.24. The van der Waals surface area contributed by atoms with E-state index < -0.39 is 5.66 Å². The average Bonchev–Trinajstić information content (AvgIpc) is 2.87. The lowest BCUT2D eigenvalue weighted by atomic mass is 10.00. The van der Waals surface area contributed by atoms with Gasteiger partial charge >= 0.3 is 0 Å². The molecule has 0 aliphatic carbocycles. The van der Waals surface area contributed by atoms with Crippen molar-refractivity contribution in [2.75, 3.05) is 7.11 Å². The van der Waals surface area contributed by atoms with E-state index in [1.165, 1.54) is 5.56 Å². The normalized spacial score (nSPS) is 21.1. The molecule has 1 aliphatic heterocycles. The third kappa shape index (κ3) is 2.71. The van der Waals surface area contributed by atoms with E-state index in [2.05, 4.69) is 15.3 Å². The minimum absolute atomic E-state index is 0.348. The molecule has 0 radical (unpaired) electrons. The summed E-state index contributed by atoms with van der Waals surface area (Å²) in [6.45, 7) is 0. The smallest absolute Gasteiger partial charge is 0.194 e. The molecule has 1 aromatic carbocycles. The lowest BCUT2D eigenvalue weighted by molar-refractivity contribution is 0.415. The second-order valence-electron chi connectivity index (χ2n) is 5.19. The number of aromatic amines is 1. The molecule has 0 fully saturated rings. The number of rotatable bonds is 4. The number of guanidine groups is 1. The number of H-pyrrole nitrogens is 1. The van der Waals surface area contributed by atoms with Crippen molar-refractivity contribution in [3.8, 4) is 5.75 Å². The van der Waals surface area contributed by atoms with Crippen LogP contribution in [0.3, 0.4) is 0 Å². The summed E-state index contributed by atoms with van der Waals surface area (Å²) in [6.07, 6.45) is 7.05. The van der Waals surface area contributed by atoms with Gasteiger partial charge in [-0.1, -0.05) is 0 Å². The second-order valence-corrected chi connectivity index (χ2v) is 5.19. The van der Waals surface area contributed by atoms with Gasteiger partial charge in [-0.3, -0.25) is 0 Å². The standard InChI is InChI=1S/C15H19N5O/c1-21-11-2-3-13-12(8-11)10(9-19-13)4-5-15(17)6-7-18-14(16)20-15/h2-3,6-9,19H,4-5,17H2,1H3,(H3,16,18,20). The van der Waals surface area contributed by atoms with E-state index in [9.17, 15) is 0 Å². The Labute approximate surface area is 122 Å². The highest BCUT2D eigenvalue weighted by Crippen LogP contribution is 2.26. The Hall–Kier alpha value is -2.47. The van der Waals surface area contributed by atoms with Crippen LogP contribution in [0.4, 0.5) is 0 Å². The number of methoxy groups -OCH3 is 1. The van der Waals surface area contributed by atoms with Crippen LogP contribution in [0.2, 0.25) is 0 Å². The number of nitrogens with one attached hydrogen (secondary N) is 2. The van der Waals surface area contributed by atoms with Crippen molar-refractivity contribution < 1.29 is 4.74 Å². The first-order valence-corrected chi connectivity index (χ1v) is 6.82. The van der Waals surface area contributed by atoms with Crippen LogP contribution in [-0.2, 0) is 6.42 Å². The second kappa shape index (κ2) is 5.14. The van der Waals surface area contributed by atoms with E-state index in [1.807, 2.05) is 30.5 Å². The van der Waals surface area contributed by atoms with Gasteiger partial charge in [0.25, 0.3) is 0 Å². The lowest BCUT2D eigenvalue weighted by Crippen LogP contribution is -2.44.